The number of hydrazine groups is 1. The van der Waals surface area contributed by atoms with Gasteiger partial charge in [-0.2, -0.15) is 0 Å². The van der Waals surface area contributed by atoms with Crippen molar-refractivity contribution in [2.75, 3.05) is 10.5 Å². The van der Waals surface area contributed by atoms with Gasteiger partial charge in [0, 0.05) is 0 Å². The molecule has 3 rings (SSSR count). The number of rotatable bonds is 1. The van der Waals surface area contributed by atoms with Crippen LogP contribution in [0.2, 0.25) is 0 Å². The number of nitrogens with one attached hydrogen (secondary N) is 2. The molecule has 0 saturated carbocycles. The molecule has 2 N–H and O–H groups in total. The van der Waals surface area contributed by atoms with E-state index in [9.17, 15) is 10.0 Å². The van der Waals surface area contributed by atoms with Gasteiger partial charge < -0.3 is 15.7 Å². The molecule has 2 aromatic carbocycles. The molecule has 1 aliphatic rings. The third kappa shape index (κ3) is 1.76. The molecule has 2 amide bonds. The van der Waals surface area contributed by atoms with E-state index in [1.54, 1.807) is 12.1 Å². The highest BCUT2D eigenvalue weighted by Crippen LogP contribution is 2.32. The molecule has 90 valence electrons. The van der Waals surface area contributed by atoms with E-state index in [-0.39, 0.29) is 0 Å². The first-order chi connectivity index (χ1) is 8.74. The van der Waals surface area contributed by atoms with Gasteiger partial charge in [0.2, 0.25) is 0 Å². The average Bonchev–Trinajstić information content (AvgIpc) is 2.39. The summed E-state index contributed by atoms with van der Waals surface area (Å²) >= 11 is 0. The average molecular weight is 240 g/mol. The zero-order valence-corrected chi connectivity index (χ0v) is 9.38. The van der Waals surface area contributed by atoms with Crippen molar-refractivity contribution in [3.63, 3.8) is 0 Å². The highest BCUT2D eigenvalue weighted by atomic mass is 16.5. The van der Waals surface area contributed by atoms with Crippen LogP contribution in [0.3, 0.4) is 0 Å². The molecule has 5 heteroatoms. The van der Waals surface area contributed by atoms with Gasteiger partial charge in [-0.15, -0.1) is 0 Å². The minimum absolute atomic E-state index is 0.397. The fourth-order valence-electron chi connectivity index (χ4n) is 1.93. The molecule has 18 heavy (non-hydrogen) atoms. The summed E-state index contributed by atoms with van der Waals surface area (Å²) in [5, 5.41) is 14.6. The fraction of sp³-hybridized carbons (Fsp3) is 0. The Morgan fingerprint density at radius 3 is 2.56 bits per heavy atom. The quantitative estimate of drug-likeness (QED) is 0.805. The first kappa shape index (κ1) is 10.6. The molecule has 1 heterocycles. The van der Waals surface area contributed by atoms with E-state index in [1.807, 2.05) is 36.4 Å². The van der Waals surface area contributed by atoms with Crippen LogP contribution in [-0.2, 0) is 0 Å². The van der Waals surface area contributed by atoms with Crippen LogP contribution in [0, 0.1) is 5.21 Å². The topological polar surface area (TPSA) is 67.4 Å². The van der Waals surface area contributed by atoms with Crippen molar-refractivity contribution in [1.82, 2.24) is 5.43 Å². The summed E-state index contributed by atoms with van der Waals surface area (Å²) in [6.07, 6.45) is 0. The smallest absolute Gasteiger partial charge is 0.337 e. The third-order valence-electron chi connectivity index (χ3n) is 2.77. The number of urea groups is 1. The zero-order chi connectivity index (χ0) is 12.5. The maximum absolute atomic E-state index is 11.5. The van der Waals surface area contributed by atoms with E-state index < -0.39 is 6.03 Å². The number of hydrogen-bond acceptors (Lipinski definition) is 3. The molecule has 1 aliphatic heterocycles. The number of fused-ring (bicyclic) bond motifs is 1. The van der Waals surface area contributed by atoms with E-state index in [2.05, 4.69) is 10.7 Å². The second kappa shape index (κ2) is 4.05. The predicted octanol–water partition coefficient (Wildman–Crippen LogP) is 2.71. The summed E-state index contributed by atoms with van der Waals surface area (Å²) < 4.78 is 0. The van der Waals surface area contributed by atoms with E-state index in [4.69, 9.17) is 0 Å². The molecule has 0 unspecified atom stereocenters. The maximum Gasteiger partial charge on any atom is 0.337 e. The molecular weight excluding hydrogens is 230 g/mol. The summed E-state index contributed by atoms with van der Waals surface area (Å²) in [6, 6.07) is 14.5. The lowest BCUT2D eigenvalue weighted by Crippen LogP contribution is -2.45. The van der Waals surface area contributed by atoms with Crippen molar-refractivity contribution in [3.05, 3.63) is 53.7 Å². The molecule has 5 nitrogen and oxygen atoms in total. The lowest BCUT2D eigenvalue weighted by molar-refractivity contribution is 0.251. The normalized spacial score (nSPS) is 13.6. The lowest BCUT2D eigenvalue weighted by Gasteiger charge is -2.36. The van der Waals surface area contributed by atoms with Gasteiger partial charge in [-0.25, -0.2) is 4.79 Å². The van der Waals surface area contributed by atoms with Crippen LogP contribution >= 0.6 is 0 Å². The number of carbonyl (C=O) groups excluding carboxylic acids is 1. The van der Waals surface area contributed by atoms with Crippen molar-refractivity contribution < 1.29 is 4.79 Å². The molecule has 2 aromatic rings. The second-order valence-electron chi connectivity index (χ2n) is 3.96. The van der Waals surface area contributed by atoms with Crippen molar-refractivity contribution in [3.8, 4) is 11.1 Å². The van der Waals surface area contributed by atoms with Crippen molar-refractivity contribution >= 4 is 17.4 Å². The summed E-state index contributed by atoms with van der Waals surface area (Å²) in [6.45, 7) is 0. The largest absolute Gasteiger partial charge is 0.739 e. The standard InChI is InChI=1S/C13H10N3O2/c17-13-14-11-8-10(9-4-2-1-3-5-9)6-7-12(11)16(18)15-13/h1-8H,(H2,14,15,17)/q-1. The Balaban J connectivity index is 2.06. The first-order valence-corrected chi connectivity index (χ1v) is 5.48. The molecule has 0 aliphatic carbocycles. The molecular formula is C13H10N3O2-. The maximum atomic E-state index is 11.5. The van der Waals surface area contributed by atoms with E-state index in [0.717, 1.165) is 11.1 Å². The number of hydrogen-bond donors (Lipinski definition) is 2. The van der Waals surface area contributed by atoms with Crippen LogP contribution in [0.4, 0.5) is 16.2 Å². The van der Waals surface area contributed by atoms with E-state index in [0.29, 0.717) is 16.5 Å². The fourth-order valence-corrected chi connectivity index (χ4v) is 1.93. The first-order valence-electron chi connectivity index (χ1n) is 5.48. The van der Waals surface area contributed by atoms with Gasteiger partial charge >= 0.3 is 6.03 Å². The van der Waals surface area contributed by atoms with Gasteiger partial charge in [-0.05, 0) is 23.3 Å². The lowest BCUT2D eigenvalue weighted by atomic mass is 10.0. The number of amides is 2. The van der Waals surface area contributed by atoms with Gasteiger partial charge in [-0.1, -0.05) is 36.4 Å². The number of benzene rings is 2. The number of carbonyl (C=O) groups is 1. The summed E-state index contributed by atoms with van der Waals surface area (Å²) in [7, 11) is 0. The Labute approximate surface area is 104 Å². The molecule has 0 aromatic heterocycles. The van der Waals surface area contributed by atoms with Crippen molar-refractivity contribution in [1.29, 1.82) is 0 Å². The Hall–Kier alpha value is -2.53. The highest BCUT2D eigenvalue weighted by Gasteiger charge is 2.15. The molecule has 0 saturated heterocycles. The van der Waals surface area contributed by atoms with Crippen LogP contribution in [0.15, 0.2) is 48.5 Å². The Morgan fingerprint density at radius 2 is 1.78 bits per heavy atom. The van der Waals surface area contributed by atoms with Crippen LogP contribution in [0.5, 0.6) is 0 Å². The van der Waals surface area contributed by atoms with Crippen molar-refractivity contribution in [2.45, 2.75) is 0 Å². The summed E-state index contributed by atoms with van der Waals surface area (Å²) in [4.78, 5) is 11.2. The van der Waals surface area contributed by atoms with Gasteiger partial charge in [-0.3, -0.25) is 5.43 Å². The number of anilines is 2. The monoisotopic (exact) mass is 240 g/mol. The van der Waals surface area contributed by atoms with Crippen molar-refractivity contribution in [2.24, 2.45) is 0 Å². The minimum atomic E-state index is -0.525. The minimum Gasteiger partial charge on any atom is -0.739 e. The molecule has 0 radical (unpaired) electrons. The summed E-state index contributed by atoms with van der Waals surface area (Å²) in [5.41, 5.74) is 5.01. The molecule has 0 spiro atoms. The van der Waals surface area contributed by atoms with E-state index in [1.165, 1.54) is 0 Å². The third-order valence-corrected chi connectivity index (χ3v) is 2.77. The van der Waals surface area contributed by atoms with Gasteiger partial charge in [0.1, 0.15) is 0 Å². The Morgan fingerprint density at radius 1 is 1.00 bits per heavy atom. The van der Waals surface area contributed by atoms with E-state index >= 15 is 0 Å². The highest BCUT2D eigenvalue weighted by molar-refractivity contribution is 5.99. The Bertz CT molecular complexity index is 598. The Kier molecular flexibility index (Phi) is 2.39. The molecule has 0 fully saturated rings. The SMILES string of the molecule is O=C1Nc2cc(-c3ccccc3)ccc2N([O-])N1. The number of nitrogens with zero attached hydrogens (tertiary/aromatic N) is 1. The van der Waals surface area contributed by atoms with Gasteiger partial charge in [0.15, 0.2) is 0 Å². The molecule has 0 atom stereocenters. The molecule has 0 bridgehead atoms. The van der Waals surface area contributed by atoms with Crippen LogP contribution in [0.1, 0.15) is 0 Å². The van der Waals surface area contributed by atoms with Crippen LogP contribution in [0.25, 0.3) is 11.1 Å². The predicted molar refractivity (Wildman–Crippen MR) is 69.9 cm³/mol. The second-order valence-corrected chi connectivity index (χ2v) is 3.96. The van der Waals surface area contributed by atoms with Gasteiger partial charge in [0.05, 0.1) is 11.4 Å². The summed E-state index contributed by atoms with van der Waals surface area (Å²) in [5.74, 6) is 0. The zero-order valence-electron chi connectivity index (χ0n) is 9.38. The van der Waals surface area contributed by atoms with Crippen LogP contribution < -0.4 is 15.9 Å². The van der Waals surface area contributed by atoms with Gasteiger partial charge in [0.25, 0.3) is 0 Å². The van der Waals surface area contributed by atoms with Crippen LogP contribution in [-0.4, -0.2) is 6.03 Å².